The fourth-order valence-electron chi connectivity index (χ4n) is 4.28. The molecular weight excluding hydrogens is 462 g/mol. The van der Waals surface area contributed by atoms with Crippen LogP contribution in [0.2, 0.25) is 0 Å². The number of amides is 1. The molecule has 2 aromatic rings. The first-order valence-corrected chi connectivity index (χ1v) is 12.5. The van der Waals surface area contributed by atoms with Crippen LogP contribution in [0, 0.1) is 16.0 Å². The average molecular weight is 490 g/mol. The van der Waals surface area contributed by atoms with Gasteiger partial charge in [-0.3, -0.25) is 14.9 Å². The SMILES string of the molecule is C[C@@H](c1cccc([N+](=O)[O-])c1)N(C)C(=O)C1CCN(S(=O)(=O)c2ccc3c(c2)OCCO3)CC1. The van der Waals surface area contributed by atoms with E-state index >= 15 is 0 Å². The van der Waals surface area contributed by atoms with Crippen molar-refractivity contribution in [2.24, 2.45) is 5.92 Å². The summed E-state index contributed by atoms with van der Waals surface area (Å²) in [4.78, 5) is 25.4. The van der Waals surface area contributed by atoms with Gasteiger partial charge in [-0.25, -0.2) is 8.42 Å². The zero-order chi connectivity index (χ0) is 24.5. The Hall–Kier alpha value is -3.18. The summed E-state index contributed by atoms with van der Waals surface area (Å²) in [5, 5.41) is 11.1. The van der Waals surface area contributed by atoms with Gasteiger partial charge in [0.05, 0.1) is 15.9 Å². The molecule has 1 amide bonds. The first-order chi connectivity index (χ1) is 16.2. The van der Waals surface area contributed by atoms with Crippen molar-refractivity contribution in [2.75, 3.05) is 33.4 Å². The lowest BCUT2D eigenvalue weighted by atomic mass is 9.95. The van der Waals surface area contributed by atoms with Gasteiger partial charge in [-0.05, 0) is 37.5 Å². The Labute approximate surface area is 198 Å². The number of nitro groups is 1. The summed E-state index contributed by atoms with van der Waals surface area (Å²) >= 11 is 0. The number of benzene rings is 2. The molecule has 2 aliphatic rings. The van der Waals surface area contributed by atoms with Gasteiger partial charge in [-0.2, -0.15) is 4.31 Å². The number of ether oxygens (including phenoxy) is 2. The standard InChI is InChI=1S/C23H27N3O7S/c1-16(18-4-3-5-19(14-18)26(28)29)24(2)23(27)17-8-10-25(11-9-17)34(30,31)20-6-7-21-22(15-20)33-13-12-32-21/h3-7,14-17H,8-13H2,1-2H3/t16-/m0/s1. The van der Waals surface area contributed by atoms with Crippen LogP contribution in [0.3, 0.4) is 0 Å². The van der Waals surface area contributed by atoms with E-state index < -0.39 is 14.9 Å². The maximum absolute atomic E-state index is 13.1. The van der Waals surface area contributed by atoms with Gasteiger partial charge < -0.3 is 14.4 Å². The quantitative estimate of drug-likeness (QED) is 0.452. The number of non-ortho nitro benzene ring substituents is 1. The third kappa shape index (κ3) is 4.71. The summed E-state index contributed by atoms with van der Waals surface area (Å²) in [7, 11) is -2.06. The molecule has 0 radical (unpaired) electrons. The smallest absolute Gasteiger partial charge is 0.269 e. The number of piperidine rings is 1. The molecule has 1 fully saturated rings. The van der Waals surface area contributed by atoms with Crippen molar-refractivity contribution in [3.8, 4) is 11.5 Å². The average Bonchev–Trinajstić information content (AvgIpc) is 2.87. The van der Waals surface area contributed by atoms with Gasteiger partial charge in [0, 0.05) is 44.3 Å². The topological polar surface area (TPSA) is 119 Å². The van der Waals surface area contributed by atoms with Crippen LogP contribution < -0.4 is 9.47 Å². The predicted octanol–water partition coefficient (Wildman–Crippen LogP) is 2.99. The normalized spacial score (nSPS) is 17.7. The van der Waals surface area contributed by atoms with Crippen molar-refractivity contribution in [2.45, 2.75) is 30.7 Å². The van der Waals surface area contributed by atoms with Crippen molar-refractivity contribution in [1.82, 2.24) is 9.21 Å². The molecule has 0 aliphatic carbocycles. The number of hydrogen-bond donors (Lipinski definition) is 0. The highest BCUT2D eigenvalue weighted by Gasteiger charge is 2.35. The number of nitrogens with zero attached hydrogens (tertiary/aromatic N) is 3. The fraction of sp³-hybridized carbons (Fsp3) is 0.435. The van der Waals surface area contributed by atoms with Crippen LogP contribution in [0.1, 0.15) is 31.4 Å². The van der Waals surface area contributed by atoms with Crippen LogP contribution in [0.5, 0.6) is 11.5 Å². The van der Waals surface area contributed by atoms with Crippen LogP contribution in [0.4, 0.5) is 5.69 Å². The second kappa shape index (κ2) is 9.59. The van der Waals surface area contributed by atoms with Gasteiger partial charge in [-0.15, -0.1) is 0 Å². The molecular formula is C23H27N3O7S. The minimum Gasteiger partial charge on any atom is -0.486 e. The Bertz CT molecular complexity index is 1190. The van der Waals surface area contributed by atoms with Gasteiger partial charge in [0.1, 0.15) is 13.2 Å². The number of carbonyl (C=O) groups is 1. The number of sulfonamides is 1. The second-order valence-corrected chi connectivity index (χ2v) is 10.4. The Balaban J connectivity index is 1.40. The number of rotatable bonds is 6. The minimum atomic E-state index is -3.73. The van der Waals surface area contributed by atoms with Crippen molar-refractivity contribution in [3.63, 3.8) is 0 Å². The van der Waals surface area contributed by atoms with Gasteiger partial charge in [0.25, 0.3) is 5.69 Å². The Morgan fingerprint density at radius 2 is 1.79 bits per heavy atom. The first kappa shape index (κ1) is 24.0. The molecule has 11 heteroatoms. The molecule has 2 aromatic carbocycles. The van der Waals surface area contributed by atoms with E-state index in [2.05, 4.69) is 0 Å². The van der Waals surface area contributed by atoms with E-state index in [-0.39, 0.29) is 41.5 Å². The molecule has 0 saturated carbocycles. The molecule has 0 aromatic heterocycles. The lowest BCUT2D eigenvalue weighted by molar-refractivity contribution is -0.384. The third-order valence-corrected chi connectivity index (χ3v) is 8.34. The zero-order valence-electron chi connectivity index (χ0n) is 19.0. The highest BCUT2D eigenvalue weighted by Crippen LogP contribution is 2.34. The molecule has 0 N–H and O–H groups in total. The largest absolute Gasteiger partial charge is 0.486 e. The van der Waals surface area contributed by atoms with Crippen molar-refractivity contribution in [1.29, 1.82) is 0 Å². The van der Waals surface area contributed by atoms with Crippen molar-refractivity contribution < 1.29 is 27.6 Å². The van der Waals surface area contributed by atoms with Crippen molar-refractivity contribution in [3.05, 3.63) is 58.1 Å². The third-order valence-electron chi connectivity index (χ3n) is 6.45. The molecule has 0 unspecified atom stereocenters. The van der Waals surface area contributed by atoms with Crippen molar-refractivity contribution >= 4 is 21.6 Å². The summed E-state index contributed by atoms with van der Waals surface area (Å²) < 4.78 is 38.6. The molecule has 1 atom stereocenters. The summed E-state index contributed by atoms with van der Waals surface area (Å²) in [6, 6.07) is 10.5. The number of nitro benzene ring substituents is 1. The molecule has 0 spiro atoms. The van der Waals surface area contributed by atoms with Crippen LogP contribution in [-0.4, -0.2) is 61.8 Å². The lowest BCUT2D eigenvalue weighted by Gasteiger charge is -2.34. The first-order valence-electron chi connectivity index (χ1n) is 11.1. The summed E-state index contributed by atoms with van der Waals surface area (Å²) in [6.07, 6.45) is 0.795. The molecule has 4 rings (SSSR count). The maximum atomic E-state index is 13.1. The number of fused-ring (bicyclic) bond motifs is 1. The number of hydrogen-bond acceptors (Lipinski definition) is 7. The van der Waals surface area contributed by atoms with Gasteiger partial charge in [0.2, 0.25) is 15.9 Å². The van der Waals surface area contributed by atoms with E-state index in [1.807, 2.05) is 6.92 Å². The van der Waals surface area contributed by atoms with Crippen LogP contribution in [-0.2, 0) is 14.8 Å². The maximum Gasteiger partial charge on any atom is 0.269 e. The molecule has 0 bridgehead atoms. The summed E-state index contributed by atoms with van der Waals surface area (Å²) in [5.41, 5.74) is 0.645. The molecule has 182 valence electrons. The lowest BCUT2D eigenvalue weighted by Crippen LogP contribution is -2.44. The Morgan fingerprint density at radius 1 is 1.12 bits per heavy atom. The van der Waals surface area contributed by atoms with E-state index in [0.717, 1.165) is 0 Å². The minimum absolute atomic E-state index is 0.0251. The zero-order valence-corrected chi connectivity index (χ0v) is 19.9. The Morgan fingerprint density at radius 3 is 2.47 bits per heavy atom. The van der Waals surface area contributed by atoms with Gasteiger partial charge in [0.15, 0.2) is 11.5 Å². The Kier molecular flexibility index (Phi) is 6.76. The van der Waals surface area contributed by atoms with Crippen LogP contribution in [0.25, 0.3) is 0 Å². The van der Waals surface area contributed by atoms with E-state index in [1.54, 1.807) is 30.1 Å². The highest BCUT2D eigenvalue weighted by molar-refractivity contribution is 7.89. The number of carbonyl (C=O) groups excluding carboxylic acids is 1. The summed E-state index contributed by atoms with van der Waals surface area (Å²) in [5.74, 6) is 0.512. The monoisotopic (exact) mass is 489 g/mol. The fourth-order valence-corrected chi connectivity index (χ4v) is 5.76. The van der Waals surface area contributed by atoms with E-state index in [0.29, 0.717) is 43.1 Å². The summed E-state index contributed by atoms with van der Waals surface area (Å²) in [6.45, 7) is 3.07. The molecule has 1 saturated heterocycles. The molecule has 34 heavy (non-hydrogen) atoms. The molecule has 2 heterocycles. The second-order valence-electron chi connectivity index (χ2n) is 8.46. The van der Waals surface area contributed by atoms with E-state index in [4.69, 9.17) is 9.47 Å². The van der Waals surface area contributed by atoms with E-state index in [9.17, 15) is 23.3 Å². The van der Waals surface area contributed by atoms with Crippen LogP contribution >= 0.6 is 0 Å². The molecule has 10 nitrogen and oxygen atoms in total. The van der Waals surface area contributed by atoms with Gasteiger partial charge >= 0.3 is 0 Å². The molecule has 2 aliphatic heterocycles. The predicted molar refractivity (Wildman–Crippen MR) is 123 cm³/mol. The van der Waals surface area contributed by atoms with E-state index in [1.165, 1.54) is 28.6 Å². The highest BCUT2D eigenvalue weighted by atomic mass is 32.2. The van der Waals surface area contributed by atoms with Gasteiger partial charge in [-0.1, -0.05) is 12.1 Å². The van der Waals surface area contributed by atoms with Crippen LogP contribution in [0.15, 0.2) is 47.4 Å².